The zero-order chi connectivity index (χ0) is 32.5. The lowest BCUT2D eigenvalue weighted by molar-refractivity contribution is -0.172. The fraction of sp³-hybridized carbons (Fsp3) is 0.500. The van der Waals surface area contributed by atoms with E-state index in [1.807, 2.05) is 49.4 Å². The van der Waals surface area contributed by atoms with Crippen LogP contribution in [0.4, 0.5) is 0 Å². The van der Waals surface area contributed by atoms with Crippen molar-refractivity contribution < 1.29 is 38.4 Å². The molecule has 0 aliphatic carbocycles. The Balaban J connectivity index is 1.33. The number of aliphatic hydroxyl groups excluding tert-OH is 1. The third-order valence-corrected chi connectivity index (χ3v) is 8.59. The molecule has 2 aromatic carbocycles. The molecule has 2 aliphatic heterocycles. The molecule has 3 atom stereocenters. The Morgan fingerprint density at radius 1 is 1.00 bits per heavy atom. The number of aromatic amines is 1. The van der Waals surface area contributed by atoms with Crippen molar-refractivity contribution in [2.75, 3.05) is 59.8 Å². The van der Waals surface area contributed by atoms with E-state index in [2.05, 4.69) is 4.98 Å². The number of para-hydroxylation sites is 2. The number of carbonyl (C=O) groups excluding carboxylic acids is 2. The first-order chi connectivity index (χ1) is 22.4. The largest absolute Gasteiger partial charge is 0.465 e. The molecule has 1 aromatic heterocycles. The van der Waals surface area contributed by atoms with E-state index in [1.54, 1.807) is 21.6 Å². The summed E-state index contributed by atoms with van der Waals surface area (Å²) in [6.07, 6.45) is 3.01. The van der Waals surface area contributed by atoms with Gasteiger partial charge in [0.25, 0.3) is 5.91 Å². The van der Waals surface area contributed by atoms with E-state index in [0.717, 1.165) is 16.6 Å². The Bertz CT molecular complexity index is 1540. The molecule has 1 fully saturated rings. The Morgan fingerprint density at radius 2 is 1.72 bits per heavy atom. The molecule has 0 unspecified atom stereocenters. The summed E-state index contributed by atoms with van der Waals surface area (Å²) < 4.78 is 30.1. The Hall–Kier alpha value is -3.97. The number of nitrogens with one attached hydrogen (secondary N) is 1. The molecule has 0 saturated carbocycles. The average molecular weight is 638 g/mol. The lowest BCUT2D eigenvalue weighted by Crippen LogP contribution is -2.44. The number of benzene rings is 2. The summed E-state index contributed by atoms with van der Waals surface area (Å²) in [5.41, 5.74) is 2.86. The molecular weight excluding hydrogens is 594 g/mol. The number of piperidine rings is 1. The Labute approximate surface area is 267 Å². The second-order valence-corrected chi connectivity index (χ2v) is 11.4. The Kier molecular flexibility index (Phi) is 11.6. The van der Waals surface area contributed by atoms with Crippen molar-refractivity contribution >= 4 is 22.9 Å². The number of nitrogens with zero attached hydrogens (tertiary/aromatic N) is 2. The van der Waals surface area contributed by atoms with Crippen LogP contribution in [0, 0.1) is 5.92 Å². The van der Waals surface area contributed by atoms with Crippen LogP contribution in [-0.2, 0) is 28.5 Å². The molecule has 0 spiro atoms. The fourth-order valence-electron chi connectivity index (χ4n) is 6.30. The van der Waals surface area contributed by atoms with E-state index in [1.165, 1.54) is 7.11 Å². The zero-order valence-corrected chi connectivity index (χ0v) is 26.4. The van der Waals surface area contributed by atoms with Crippen molar-refractivity contribution in [1.82, 2.24) is 14.5 Å². The van der Waals surface area contributed by atoms with Crippen LogP contribution in [0.2, 0.25) is 0 Å². The lowest BCUT2D eigenvalue weighted by Gasteiger charge is -2.39. The second-order valence-electron chi connectivity index (χ2n) is 11.4. The van der Waals surface area contributed by atoms with Crippen LogP contribution in [0.1, 0.15) is 54.1 Å². The van der Waals surface area contributed by atoms with Crippen molar-refractivity contribution in [2.45, 2.75) is 44.4 Å². The number of hydrogen-bond acceptors (Lipinski definition) is 9. The molecule has 2 N–H and O–H groups in total. The number of hydrogen-bond donors (Lipinski definition) is 2. The summed E-state index contributed by atoms with van der Waals surface area (Å²) in [4.78, 5) is 43.5. The smallest absolute Gasteiger partial charge is 0.337 e. The zero-order valence-electron chi connectivity index (χ0n) is 26.4. The quantitative estimate of drug-likeness (QED) is 0.201. The van der Waals surface area contributed by atoms with E-state index >= 15 is 0 Å². The standard InChI is InChI=1S/C34H43N3O9/c1-3-45-33-26(14-18-43-20-21-44-19-17-38)27(23-8-10-24(11-9-23)32(40)42-2)22-30(46-33)31(39)36-15-12-25(13-16-36)37-29-7-5-4-6-28(29)35-34(37)41/h4-11,22,25-27,33,38H,3,12-21H2,1-2H3,(H,35,41)/t26-,27+,33+/m0/s1. The van der Waals surface area contributed by atoms with Crippen molar-refractivity contribution in [3.05, 3.63) is 82.0 Å². The van der Waals surface area contributed by atoms with Gasteiger partial charge in [0.2, 0.25) is 6.29 Å². The van der Waals surface area contributed by atoms with Gasteiger partial charge in [0.05, 0.1) is 50.1 Å². The number of fused-ring (bicyclic) bond motifs is 1. The summed E-state index contributed by atoms with van der Waals surface area (Å²) in [6.45, 7) is 4.61. The molecule has 3 aromatic rings. The van der Waals surface area contributed by atoms with E-state index in [4.69, 9.17) is 28.8 Å². The number of amides is 1. The predicted octanol–water partition coefficient (Wildman–Crippen LogP) is 3.37. The van der Waals surface area contributed by atoms with Gasteiger partial charge >= 0.3 is 11.7 Å². The van der Waals surface area contributed by atoms with Crippen LogP contribution < -0.4 is 5.69 Å². The van der Waals surface area contributed by atoms with E-state index in [-0.39, 0.29) is 48.4 Å². The number of likely N-dealkylation sites (tertiary alicyclic amines) is 1. The summed E-state index contributed by atoms with van der Waals surface area (Å²) >= 11 is 0. The topological polar surface area (TPSA) is 142 Å². The van der Waals surface area contributed by atoms with Crippen LogP contribution in [0.15, 0.2) is 65.2 Å². The van der Waals surface area contributed by atoms with Gasteiger partial charge < -0.3 is 38.7 Å². The minimum Gasteiger partial charge on any atom is -0.465 e. The van der Waals surface area contributed by atoms with Gasteiger partial charge in [-0.2, -0.15) is 0 Å². The summed E-state index contributed by atoms with van der Waals surface area (Å²) in [6, 6.07) is 14.8. The number of ether oxygens (including phenoxy) is 5. The molecule has 5 rings (SSSR count). The van der Waals surface area contributed by atoms with Gasteiger partial charge in [0, 0.05) is 44.2 Å². The Morgan fingerprint density at radius 3 is 2.41 bits per heavy atom. The van der Waals surface area contributed by atoms with Gasteiger partial charge in [0.15, 0.2) is 5.76 Å². The number of esters is 1. The predicted molar refractivity (Wildman–Crippen MR) is 169 cm³/mol. The van der Waals surface area contributed by atoms with Crippen molar-refractivity contribution in [3.8, 4) is 0 Å². The van der Waals surface area contributed by atoms with Gasteiger partial charge in [-0.15, -0.1) is 0 Å². The van der Waals surface area contributed by atoms with Crippen molar-refractivity contribution in [2.24, 2.45) is 5.92 Å². The van der Waals surface area contributed by atoms with E-state index < -0.39 is 12.3 Å². The van der Waals surface area contributed by atoms with Crippen LogP contribution in [0.25, 0.3) is 11.0 Å². The molecule has 0 radical (unpaired) electrons. The number of rotatable bonds is 14. The number of aromatic nitrogens is 2. The molecule has 2 aliphatic rings. The first kappa shape index (κ1) is 33.4. The third kappa shape index (κ3) is 7.69. The van der Waals surface area contributed by atoms with Gasteiger partial charge in [-0.3, -0.25) is 9.36 Å². The molecule has 1 amide bonds. The molecule has 12 heteroatoms. The number of H-pyrrole nitrogens is 1. The third-order valence-electron chi connectivity index (χ3n) is 8.59. The van der Waals surface area contributed by atoms with Crippen LogP contribution in [0.5, 0.6) is 0 Å². The van der Waals surface area contributed by atoms with Gasteiger partial charge in [-0.1, -0.05) is 24.3 Å². The number of aliphatic hydroxyl groups is 1. The summed E-state index contributed by atoms with van der Waals surface area (Å²) in [5, 5.41) is 8.89. The lowest BCUT2D eigenvalue weighted by atomic mass is 9.81. The minimum atomic E-state index is -0.698. The fourth-order valence-corrected chi connectivity index (χ4v) is 6.30. The monoisotopic (exact) mass is 637 g/mol. The van der Waals surface area contributed by atoms with Gasteiger partial charge in [-0.05, 0) is 62.1 Å². The van der Waals surface area contributed by atoms with Gasteiger partial charge in [-0.25, -0.2) is 9.59 Å². The molecule has 248 valence electrons. The highest BCUT2D eigenvalue weighted by Gasteiger charge is 2.39. The summed E-state index contributed by atoms with van der Waals surface area (Å²) in [5.74, 6) is -0.867. The SMILES string of the molecule is CCO[C@@H]1OC(C(=O)N2CCC(n3c(=O)[nH]c4ccccc43)CC2)=C[C@H](c2ccc(C(=O)OC)cc2)[C@@H]1CCOCCOCCO. The maximum Gasteiger partial charge on any atom is 0.337 e. The second kappa shape index (κ2) is 16.0. The molecule has 3 heterocycles. The van der Waals surface area contributed by atoms with E-state index in [9.17, 15) is 14.4 Å². The molecule has 12 nitrogen and oxygen atoms in total. The number of methoxy groups -OCH3 is 1. The highest BCUT2D eigenvalue weighted by molar-refractivity contribution is 5.92. The van der Waals surface area contributed by atoms with Crippen molar-refractivity contribution in [1.29, 1.82) is 0 Å². The number of allylic oxidation sites excluding steroid dienone is 1. The summed E-state index contributed by atoms with van der Waals surface area (Å²) in [7, 11) is 1.34. The maximum absolute atomic E-state index is 13.9. The normalized spacial score (nSPS) is 20.4. The molecule has 1 saturated heterocycles. The highest BCUT2D eigenvalue weighted by Crippen LogP contribution is 2.40. The van der Waals surface area contributed by atoms with Crippen LogP contribution >= 0.6 is 0 Å². The van der Waals surface area contributed by atoms with Crippen molar-refractivity contribution in [3.63, 3.8) is 0 Å². The first-order valence-corrected chi connectivity index (χ1v) is 15.9. The highest BCUT2D eigenvalue weighted by atomic mass is 16.7. The van der Waals surface area contributed by atoms with Crippen LogP contribution in [0.3, 0.4) is 0 Å². The van der Waals surface area contributed by atoms with Gasteiger partial charge in [0.1, 0.15) is 0 Å². The molecular formula is C34H43N3O9. The number of carbonyl (C=O) groups is 2. The molecule has 46 heavy (non-hydrogen) atoms. The average Bonchev–Trinajstić information content (AvgIpc) is 3.43. The minimum absolute atomic E-state index is 0.0235. The first-order valence-electron chi connectivity index (χ1n) is 15.9. The molecule has 0 bridgehead atoms. The van der Waals surface area contributed by atoms with E-state index in [0.29, 0.717) is 64.3 Å². The van der Waals surface area contributed by atoms with Crippen LogP contribution in [-0.4, -0.2) is 97.6 Å². The maximum atomic E-state index is 13.9. The number of imidazole rings is 1.